The van der Waals surface area contributed by atoms with E-state index in [2.05, 4.69) is 5.32 Å². The van der Waals surface area contributed by atoms with Gasteiger partial charge in [-0.3, -0.25) is 4.79 Å². The molecule has 7 nitrogen and oxygen atoms in total. The van der Waals surface area contributed by atoms with Crippen molar-refractivity contribution in [3.8, 4) is 0 Å². The molecule has 1 aliphatic heterocycles. The van der Waals surface area contributed by atoms with Crippen LogP contribution in [0.5, 0.6) is 0 Å². The Kier molecular flexibility index (Phi) is 5.19. The van der Waals surface area contributed by atoms with E-state index in [9.17, 15) is 9.59 Å². The first-order valence-electron chi connectivity index (χ1n) is 7.11. The summed E-state index contributed by atoms with van der Waals surface area (Å²) >= 11 is 0. The number of carboxylic acid groups (broad SMARTS) is 1. The first-order valence-corrected chi connectivity index (χ1v) is 7.11. The normalized spacial score (nSPS) is 30.9. The van der Waals surface area contributed by atoms with Crippen LogP contribution in [-0.2, 0) is 9.53 Å². The van der Waals surface area contributed by atoms with E-state index in [4.69, 9.17) is 14.9 Å². The van der Waals surface area contributed by atoms with Gasteiger partial charge in [-0.15, -0.1) is 0 Å². The fourth-order valence-electron chi connectivity index (χ4n) is 2.83. The van der Waals surface area contributed by atoms with Gasteiger partial charge >= 0.3 is 12.0 Å². The van der Waals surface area contributed by atoms with Gasteiger partial charge in [0.1, 0.15) is 0 Å². The summed E-state index contributed by atoms with van der Waals surface area (Å²) in [5, 5.41) is 21.0. The Bertz CT molecular complexity index is 363. The van der Waals surface area contributed by atoms with Crippen LogP contribution in [0.3, 0.4) is 0 Å². The zero-order chi connectivity index (χ0) is 14.5. The number of aliphatic hydroxyl groups is 1. The smallest absolute Gasteiger partial charge is 0.317 e. The molecule has 0 spiro atoms. The quantitative estimate of drug-likeness (QED) is 0.680. The molecular formula is C13H22N2O5. The summed E-state index contributed by atoms with van der Waals surface area (Å²) in [6.45, 7) is 1.18. The van der Waals surface area contributed by atoms with Crippen LogP contribution in [0.15, 0.2) is 0 Å². The van der Waals surface area contributed by atoms with Crippen molar-refractivity contribution in [3.63, 3.8) is 0 Å². The lowest BCUT2D eigenvalue weighted by molar-refractivity contribution is -0.143. The van der Waals surface area contributed by atoms with E-state index in [0.717, 1.165) is 12.8 Å². The number of aliphatic hydroxyl groups excluding tert-OH is 1. The molecular weight excluding hydrogens is 264 g/mol. The Morgan fingerprint density at radius 1 is 1.35 bits per heavy atom. The number of urea groups is 1. The predicted molar refractivity (Wildman–Crippen MR) is 70.3 cm³/mol. The van der Waals surface area contributed by atoms with E-state index < -0.39 is 5.97 Å². The number of hydrogen-bond donors (Lipinski definition) is 3. The maximum Gasteiger partial charge on any atom is 0.317 e. The highest BCUT2D eigenvalue weighted by atomic mass is 16.5. The molecule has 114 valence electrons. The Morgan fingerprint density at radius 3 is 2.85 bits per heavy atom. The SMILES string of the molecule is O=C(O)C1CCCC(NC(=O)N2CCOC(CO)C2)C1. The van der Waals surface area contributed by atoms with Crippen molar-refractivity contribution in [2.24, 2.45) is 5.92 Å². The molecule has 1 saturated carbocycles. The molecule has 3 unspecified atom stereocenters. The van der Waals surface area contributed by atoms with Crippen molar-refractivity contribution < 1.29 is 24.5 Å². The number of morpholine rings is 1. The number of hydrogen-bond acceptors (Lipinski definition) is 4. The van der Waals surface area contributed by atoms with Crippen molar-refractivity contribution in [2.45, 2.75) is 37.8 Å². The topological polar surface area (TPSA) is 99.1 Å². The minimum Gasteiger partial charge on any atom is -0.481 e. The van der Waals surface area contributed by atoms with Gasteiger partial charge in [-0.1, -0.05) is 6.42 Å². The summed E-state index contributed by atoms with van der Waals surface area (Å²) in [6.07, 6.45) is 2.50. The maximum absolute atomic E-state index is 12.1. The number of rotatable bonds is 3. The van der Waals surface area contributed by atoms with E-state index in [1.54, 1.807) is 4.90 Å². The minimum absolute atomic E-state index is 0.0761. The number of nitrogens with zero attached hydrogens (tertiary/aromatic N) is 1. The van der Waals surface area contributed by atoms with Crippen molar-refractivity contribution in [2.75, 3.05) is 26.3 Å². The maximum atomic E-state index is 12.1. The molecule has 0 aromatic carbocycles. The lowest BCUT2D eigenvalue weighted by Crippen LogP contribution is -2.53. The van der Waals surface area contributed by atoms with Gasteiger partial charge < -0.3 is 25.2 Å². The summed E-state index contributed by atoms with van der Waals surface area (Å²) in [5.41, 5.74) is 0. The van der Waals surface area contributed by atoms with Gasteiger partial charge in [0.25, 0.3) is 0 Å². The summed E-state index contributed by atoms with van der Waals surface area (Å²) in [6, 6.07) is -0.268. The molecule has 3 N–H and O–H groups in total. The molecule has 2 fully saturated rings. The second kappa shape index (κ2) is 6.90. The van der Waals surface area contributed by atoms with Gasteiger partial charge in [0.2, 0.25) is 0 Å². The van der Waals surface area contributed by atoms with Crippen molar-refractivity contribution >= 4 is 12.0 Å². The first kappa shape index (κ1) is 15.1. The predicted octanol–water partition coefficient (Wildman–Crippen LogP) is 0.0325. The van der Waals surface area contributed by atoms with Crippen molar-refractivity contribution in [1.82, 2.24) is 10.2 Å². The molecule has 1 heterocycles. The monoisotopic (exact) mass is 286 g/mol. The van der Waals surface area contributed by atoms with Crippen LogP contribution in [0.4, 0.5) is 4.79 Å². The van der Waals surface area contributed by atoms with Gasteiger partial charge in [0, 0.05) is 12.6 Å². The van der Waals surface area contributed by atoms with Crippen LogP contribution in [0.1, 0.15) is 25.7 Å². The lowest BCUT2D eigenvalue weighted by atomic mass is 9.86. The Balaban J connectivity index is 1.83. The molecule has 0 bridgehead atoms. The van der Waals surface area contributed by atoms with Crippen LogP contribution >= 0.6 is 0 Å². The molecule has 20 heavy (non-hydrogen) atoms. The average molecular weight is 286 g/mol. The second-order valence-corrected chi connectivity index (χ2v) is 5.47. The third-order valence-electron chi connectivity index (χ3n) is 3.98. The van der Waals surface area contributed by atoms with Gasteiger partial charge in [0.15, 0.2) is 0 Å². The van der Waals surface area contributed by atoms with E-state index in [1.807, 2.05) is 0 Å². The highest BCUT2D eigenvalue weighted by Crippen LogP contribution is 2.24. The number of carbonyl (C=O) groups is 2. The highest BCUT2D eigenvalue weighted by molar-refractivity contribution is 5.75. The standard InChI is InChI=1S/C13H22N2O5/c16-8-11-7-15(4-5-20-11)13(19)14-10-3-1-2-9(6-10)12(17)18/h9-11,16H,1-8H2,(H,14,19)(H,17,18). The number of carboxylic acids is 1. The zero-order valence-corrected chi connectivity index (χ0v) is 11.5. The summed E-state index contributed by atoms with van der Waals surface area (Å²) in [5.74, 6) is -1.14. The third kappa shape index (κ3) is 3.83. The second-order valence-electron chi connectivity index (χ2n) is 5.47. The van der Waals surface area contributed by atoms with E-state index in [0.29, 0.717) is 32.5 Å². The van der Waals surface area contributed by atoms with E-state index in [1.165, 1.54) is 0 Å². The van der Waals surface area contributed by atoms with Crippen LogP contribution in [0.2, 0.25) is 0 Å². The highest BCUT2D eigenvalue weighted by Gasteiger charge is 2.30. The Morgan fingerprint density at radius 2 is 2.15 bits per heavy atom. The largest absolute Gasteiger partial charge is 0.481 e. The number of aliphatic carboxylic acids is 1. The number of nitrogens with one attached hydrogen (secondary N) is 1. The molecule has 0 aromatic heterocycles. The van der Waals surface area contributed by atoms with Crippen LogP contribution in [-0.4, -0.2) is 65.6 Å². The van der Waals surface area contributed by atoms with Gasteiger partial charge in [-0.05, 0) is 19.3 Å². The molecule has 1 aliphatic carbocycles. The fourth-order valence-corrected chi connectivity index (χ4v) is 2.83. The van der Waals surface area contributed by atoms with Crippen LogP contribution < -0.4 is 5.32 Å². The molecule has 3 atom stereocenters. The molecule has 0 radical (unpaired) electrons. The Hall–Kier alpha value is -1.34. The zero-order valence-electron chi connectivity index (χ0n) is 11.5. The number of carbonyl (C=O) groups excluding carboxylic acids is 1. The minimum atomic E-state index is -0.782. The van der Waals surface area contributed by atoms with Crippen molar-refractivity contribution in [1.29, 1.82) is 0 Å². The molecule has 2 amide bonds. The van der Waals surface area contributed by atoms with Crippen molar-refractivity contribution in [3.05, 3.63) is 0 Å². The van der Waals surface area contributed by atoms with Gasteiger partial charge in [-0.25, -0.2) is 4.79 Å². The molecule has 7 heteroatoms. The first-order chi connectivity index (χ1) is 9.60. The summed E-state index contributed by atoms with van der Waals surface area (Å²) < 4.78 is 5.30. The molecule has 1 saturated heterocycles. The molecule has 2 rings (SSSR count). The van der Waals surface area contributed by atoms with E-state index in [-0.39, 0.29) is 30.7 Å². The summed E-state index contributed by atoms with van der Waals surface area (Å²) in [4.78, 5) is 24.8. The fraction of sp³-hybridized carbons (Fsp3) is 0.846. The summed E-state index contributed by atoms with van der Waals surface area (Å²) in [7, 11) is 0. The van der Waals surface area contributed by atoms with Crippen LogP contribution in [0, 0.1) is 5.92 Å². The lowest BCUT2D eigenvalue weighted by Gasteiger charge is -2.34. The van der Waals surface area contributed by atoms with E-state index >= 15 is 0 Å². The number of ether oxygens (including phenoxy) is 1. The molecule has 2 aliphatic rings. The number of amides is 2. The van der Waals surface area contributed by atoms with Crippen LogP contribution in [0.25, 0.3) is 0 Å². The van der Waals surface area contributed by atoms with Gasteiger partial charge in [0.05, 0.1) is 31.8 Å². The molecule has 0 aromatic rings. The third-order valence-corrected chi connectivity index (χ3v) is 3.98. The average Bonchev–Trinajstić information content (AvgIpc) is 2.47. The Labute approximate surface area is 117 Å². The van der Waals surface area contributed by atoms with Gasteiger partial charge in [-0.2, -0.15) is 0 Å².